The van der Waals surface area contributed by atoms with Crippen molar-refractivity contribution < 1.29 is 9.59 Å². The highest BCUT2D eigenvalue weighted by Crippen LogP contribution is 2.32. The van der Waals surface area contributed by atoms with E-state index in [1.165, 1.54) is 12.8 Å². The number of hydrogen-bond donors (Lipinski definition) is 3. The Kier molecular flexibility index (Phi) is 5.40. The predicted molar refractivity (Wildman–Crippen MR) is 78.2 cm³/mol. The van der Waals surface area contributed by atoms with E-state index in [9.17, 15) is 9.59 Å². The van der Waals surface area contributed by atoms with Crippen LogP contribution in [0.3, 0.4) is 0 Å². The van der Waals surface area contributed by atoms with Crippen molar-refractivity contribution in [2.24, 2.45) is 5.92 Å². The standard InChI is InChI=1S/C15H27N3O2/c1-10(2)17-14(19)5-6-16-15(20)9-11-7-12-3-4-13(8-11)18-12/h10-13,18H,3-9H2,1-2H3,(H,16,20)(H,17,19). The Morgan fingerprint density at radius 3 is 2.40 bits per heavy atom. The second-order valence-corrected chi connectivity index (χ2v) is 6.50. The third-order valence-corrected chi connectivity index (χ3v) is 4.17. The molecule has 5 nitrogen and oxygen atoms in total. The van der Waals surface area contributed by atoms with Crippen LogP contribution in [0, 0.1) is 5.92 Å². The van der Waals surface area contributed by atoms with Crippen LogP contribution in [-0.2, 0) is 9.59 Å². The quantitative estimate of drug-likeness (QED) is 0.678. The third-order valence-electron chi connectivity index (χ3n) is 4.17. The first-order valence-corrected chi connectivity index (χ1v) is 7.85. The lowest BCUT2D eigenvalue weighted by Gasteiger charge is -2.28. The fraction of sp³-hybridized carbons (Fsp3) is 0.867. The van der Waals surface area contributed by atoms with Crippen molar-refractivity contribution in [1.29, 1.82) is 0 Å². The van der Waals surface area contributed by atoms with Crippen molar-refractivity contribution in [3.05, 3.63) is 0 Å². The molecule has 2 unspecified atom stereocenters. The Bertz CT molecular complexity index is 345. The van der Waals surface area contributed by atoms with Crippen LogP contribution in [0.1, 0.15) is 52.4 Å². The Balaban J connectivity index is 1.60. The Morgan fingerprint density at radius 1 is 1.15 bits per heavy atom. The summed E-state index contributed by atoms with van der Waals surface area (Å²) in [5.41, 5.74) is 0. The second kappa shape index (κ2) is 7.07. The molecule has 0 aromatic heterocycles. The summed E-state index contributed by atoms with van der Waals surface area (Å²) < 4.78 is 0. The maximum Gasteiger partial charge on any atom is 0.221 e. The van der Waals surface area contributed by atoms with Crippen molar-refractivity contribution in [1.82, 2.24) is 16.0 Å². The van der Waals surface area contributed by atoms with E-state index >= 15 is 0 Å². The van der Waals surface area contributed by atoms with Gasteiger partial charge < -0.3 is 16.0 Å². The molecule has 2 rings (SSSR count). The Hall–Kier alpha value is -1.10. The number of nitrogens with one attached hydrogen (secondary N) is 3. The molecular formula is C15H27N3O2. The van der Waals surface area contributed by atoms with Gasteiger partial charge in [-0.05, 0) is 45.4 Å². The zero-order valence-electron chi connectivity index (χ0n) is 12.6. The van der Waals surface area contributed by atoms with E-state index in [4.69, 9.17) is 0 Å². The Labute approximate surface area is 121 Å². The first-order chi connectivity index (χ1) is 9.52. The molecular weight excluding hydrogens is 254 g/mol. The van der Waals surface area contributed by atoms with Crippen LogP contribution in [0.2, 0.25) is 0 Å². The van der Waals surface area contributed by atoms with Crippen LogP contribution in [0.25, 0.3) is 0 Å². The largest absolute Gasteiger partial charge is 0.356 e. The molecule has 0 spiro atoms. The SMILES string of the molecule is CC(C)NC(=O)CCNC(=O)CC1CC2CCC(C1)N2. The highest BCUT2D eigenvalue weighted by molar-refractivity contribution is 5.79. The van der Waals surface area contributed by atoms with Crippen LogP contribution in [0.5, 0.6) is 0 Å². The summed E-state index contributed by atoms with van der Waals surface area (Å²) in [6.07, 6.45) is 5.74. The number of rotatable bonds is 6. The van der Waals surface area contributed by atoms with Crippen LogP contribution in [0.15, 0.2) is 0 Å². The van der Waals surface area contributed by atoms with Gasteiger partial charge >= 0.3 is 0 Å². The highest BCUT2D eigenvalue weighted by Gasteiger charge is 2.34. The predicted octanol–water partition coefficient (Wildman–Crippen LogP) is 0.938. The van der Waals surface area contributed by atoms with Gasteiger partial charge in [0.25, 0.3) is 0 Å². The van der Waals surface area contributed by atoms with E-state index in [-0.39, 0.29) is 17.9 Å². The molecule has 20 heavy (non-hydrogen) atoms. The fourth-order valence-electron chi connectivity index (χ4n) is 3.39. The van der Waals surface area contributed by atoms with E-state index in [1.54, 1.807) is 0 Å². The molecule has 3 N–H and O–H groups in total. The van der Waals surface area contributed by atoms with Gasteiger partial charge in [0.15, 0.2) is 0 Å². The molecule has 114 valence electrons. The molecule has 2 fully saturated rings. The van der Waals surface area contributed by atoms with Gasteiger partial charge in [0.05, 0.1) is 0 Å². The summed E-state index contributed by atoms with van der Waals surface area (Å²) in [7, 11) is 0. The summed E-state index contributed by atoms with van der Waals surface area (Å²) in [5.74, 6) is 0.604. The number of piperidine rings is 1. The maximum absolute atomic E-state index is 11.9. The molecule has 0 aliphatic carbocycles. The summed E-state index contributed by atoms with van der Waals surface area (Å²) in [5, 5.41) is 9.27. The van der Waals surface area contributed by atoms with Crippen molar-refractivity contribution in [2.75, 3.05) is 6.54 Å². The lowest BCUT2D eigenvalue weighted by atomic mass is 9.89. The van der Waals surface area contributed by atoms with Gasteiger partial charge in [0, 0.05) is 37.5 Å². The molecule has 5 heteroatoms. The fourth-order valence-corrected chi connectivity index (χ4v) is 3.39. The lowest BCUT2D eigenvalue weighted by Crippen LogP contribution is -2.40. The van der Waals surface area contributed by atoms with E-state index in [2.05, 4.69) is 16.0 Å². The normalized spacial score (nSPS) is 28.4. The summed E-state index contributed by atoms with van der Waals surface area (Å²) in [6, 6.07) is 1.41. The summed E-state index contributed by atoms with van der Waals surface area (Å²) in [4.78, 5) is 23.3. The van der Waals surface area contributed by atoms with Crippen molar-refractivity contribution in [3.8, 4) is 0 Å². The number of carbonyl (C=O) groups excluding carboxylic acids is 2. The van der Waals surface area contributed by atoms with Gasteiger partial charge in [-0.1, -0.05) is 0 Å². The third kappa shape index (κ3) is 4.78. The number of fused-ring (bicyclic) bond motifs is 2. The summed E-state index contributed by atoms with van der Waals surface area (Å²) in [6.45, 7) is 4.30. The molecule has 2 saturated heterocycles. The molecule has 2 atom stereocenters. The number of carbonyl (C=O) groups is 2. The van der Waals surface area contributed by atoms with Gasteiger partial charge in [-0.2, -0.15) is 0 Å². The van der Waals surface area contributed by atoms with Gasteiger partial charge in [0.2, 0.25) is 11.8 Å². The van der Waals surface area contributed by atoms with Crippen LogP contribution >= 0.6 is 0 Å². The number of hydrogen-bond acceptors (Lipinski definition) is 3. The summed E-state index contributed by atoms with van der Waals surface area (Å²) >= 11 is 0. The minimum atomic E-state index is 0.000195. The van der Waals surface area contributed by atoms with Crippen LogP contribution in [0.4, 0.5) is 0 Å². The van der Waals surface area contributed by atoms with E-state index in [0.29, 0.717) is 37.4 Å². The maximum atomic E-state index is 11.9. The second-order valence-electron chi connectivity index (χ2n) is 6.50. The molecule has 0 aromatic carbocycles. The smallest absolute Gasteiger partial charge is 0.221 e. The highest BCUT2D eigenvalue weighted by atomic mass is 16.2. The van der Waals surface area contributed by atoms with Crippen LogP contribution < -0.4 is 16.0 Å². The van der Waals surface area contributed by atoms with Crippen molar-refractivity contribution >= 4 is 11.8 Å². The lowest BCUT2D eigenvalue weighted by molar-refractivity contribution is -0.123. The molecule has 0 radical (unpaired) electrons. The molecule has 2 bridgehead atoms. The van der Waals surface area contributed by atoms with Crippen LogP contribution in [-0.4, -0.2) is 36.5 Å². The van der Waals surface area contributed by atoms with E-state index < -0.39 is 0 Å². The molecule has 2 aliphatic heterocycles. The average molecular weight is 281 g/mol. The molecule has 2 amide bonds. The zero-order chi connectivity index (χ0) is 14.5. The van der Waals surface area contributed by atoms with Crippen molar-refractivity contribution in [2.45, 2.75) is 70.5 Å². The molecule has 0 saturated carbocycles. The Morgan fingerprint density at radius 2 is 1.80 bits per heavy atom. The monoisotopic (exact) mass is 281 g/mol. The topological polar surface area (TPSA) is 70.2 Å². The first-order valence-electron chi connectivity index (χ1n) is 7.85. The van der Waals surface area contributed by atoms with Gasteiger partial charge in [-0.25, -0.2) is 0 Å². The van der Waals surface area contributed by atoms with Gasteiger partial charge in [0.1, 0.15) is 0 Å². The number of amides is 2. The first kappa shape index (κ1) is 15.3. The minimum absolute atomic E-state index is 0.000195. The average Bonchev–Trinajstić information content (AvgIpc) is 2.67. The molecule has 2 aliphatic rings. The van der Waals surface area contributed by atoms with Gasteiger partial charge in [-0.15, -0.1) is 0 Å². The van der Waals surface area contributed by atoms with E-state index in [0.717, 1.165) is 12.8 Å². The molecule has 2 heterocycles. The zero-order valence-corrected chi connectivity index (χ0v) is 12.6. The minimum Gasteiger partial charge on any atom is -0.356 e. The van der Waals surface area contributed by atoms with Crippen molar-refractivity contribution in [3.63, 3.8) is 0 Å². The molecule has 0 aromatic rings. The van der Waals surface area contributed by atoms with Gasteiger partial charge in [-0.3, -0.25) is 9.59 Å². The van der Waals surface area contributed by atoms with E-state index in [1.807, 2.05) is 13.8 Å².